The maximum absolute atomic E-state index is 5.60. The number of hydrogen-bond donors (Lipinski definition) is 0. The van der Waals surface area contributed by atoms with Crippen molar-refractivity contribution in [2.45, 2.75) is 38.4 Å². The lowest BCUT2D eigenvalue weighted by molar-refractivity contribution is 0.253. The van der Waals surface area contributed by atoms with Crippen molar-refractivity contribution in [3.8, 4) is 11.5 Å². The van der Waals surface area contributed by atoms with Gasteiger partial charge in [0.15, 0.2) is 16.7 Å². The third-order valence-corrected chi connectivity index (χ3v) is 6.55. The van der Waals surface area contributed by atoms with Gasteiger partial charge in [-0.15, -0.1) is 0 Å². The Hall–Kier alpha value is -2.21. The molecule has 0 spiro atoms. The van der Waals surface area contributed by atoms with E-state index in [1.54, 1.807) is 14.2 Å². The number of amidine groups is 1. The van der Waals surface area contributed by atoms with E-state index in [1.165, 1.54) is 11.1 Å². The summed E-state index contributed by atoms with van der Waals surface area (Å²) in [5.41, 5.74) is 3.42. The van der Waals surface area contributed by atoms with E-state index in [4.69, 9.17) is 14.5 Å². The zero-order valence-corrected chi connectivity index (χ0v) is 17.0. The van der Waals surface area contributed by atoms with E-state index in [9.17, 15) is 0 Å². The molecule has 0 radical (unpaired) electrons. The zero-order valence-electron chi connectivity index (χ0n) is 16.2. The summed E-state index contributed by atoms with van der Waals surface area (Å²) in [5.74, 6) is 2.61. The molecule has 2 aliphatic rings. The Morgan fingerprint density at radius 2 is 1.96 bits per heavy atom. The monoisotopic (exact) mass is 383 g/mol. The second kappa shape index (κ2) is 7.43. The Balaban J connectivity index is 1.84. The molecular weight excluding hydrogens is 358 g/mol. The van der Waals surface area contributed by atoms with E-state index in [1.807, 2.05) is 30.1 Å². The summed E-state index contributed by atoms with van der Waals surface area (Å²) in [4.78, 5) is 12.2. The SMILES string of the molecule is CC[C@H]1CSC2=N[C@@H](c3ccccn3)[C@@H](c3cc(OC)c(OC)cc3C)N21. The number of ether oxygens (including phenoxy) is 2. The molecule has 0 N–H and O–H groups in total. The van der Waals surface area contributed by atoms with E-state index in [0.717, 1.165) is 34.5 Å². The van der Waals surface area contributed by atoms with E-state index in [2.05, 4.69) is 41.9 Å². The molecule has 0 amide bonds. The van der Waals surface area contributed by atoms with Gasteiger partial charge < -0.3 is 14.4 Å². The number of nitrogens with zero attached hydrogens (tertiary/aromatic N) is 3. The average molecular weight is 384 g/mol. The Kier molecular flexibility index (Phi) is 5.00. The highest BCUT2D eigenvalue weighted by atomic mass is 32.2. The first kappa shape index (κ1) is 18.2. The fraction of sp³-hybridized carbons (Fsp3) is 0.429. The molecule has 27 heavy (non-hydrogen) atoms. The predicted molar refractivity (Wildman–Crippen MR) is 110 cm³/mol. The van der Waals surface area contributed by atoms with Crippen LogP contribution >= 0.6 is 11.8 Å². The van der Waals surface area contributed by atoms with Gasteiger partial charge >= 0.3 is 0 Å². The van der Waals surface area contributed by atoms with Gasteiger partial charge in [0.2, 0.25) is 0 Å². The van der Waals surface area contributed by atoms with E-state index < -0.39 is 0 Å². The smallest absolute Gasteiger partial charge is 0.161 e. The fourth-order valence-electron chi connectivity index (χ4n) is 4.00. The van der Waals surface area contributed by atoms with Crippen LogP contribution in [0.15, 0.2) is 41.5 Å². The molecule has 142 valence electrons. The van der Waals surface area contributed by atoms with Gasteiger partial charge in [0.1, 0.15) is 6.04 Å². The first-order valence-electron chi connectivity index (χ1n) is 9.30. The van der Waals surface area contributed by atoms with Crippen molar-refractivity contribution in [2.75, 3.05) is 20.0 Å². The molecule has 1 fully saturated rings. The molecule has 3 heterocycles. The number of aliphatic imine (C=N–C) groups is 1. The standard InChI is InChI=1S/C21H25N3O2S/c1-5-14-12-27-21-23-19(16-8-6-7-9-22-16)20(24(14)21)15-11-18(26-4)17(25-3)10-13(15)2/h6-11,14,19-20H,5,12H2,1-4H3/t14-,19-,20+/m0/s1. The lowest BCUT2D eigenvalue weighted by Gasteiger charge is -2.33. The molecule has 2 aromatic rings. The molecule has 0 unspecified atom stereocenters. The first-order valence-corrected chi connectivity index (χ1v) is 10.3. The van der Waals surface area contributed by atoms with Crippen LogP contribution < -0.4 is 9.47 Å². The van der Waals surface area contributed by atoms with Crippen molar-refractivity contribution < 1.29 is 9.47 Å². The van der Waals surface area contributed by atoms with Crippen molar-refractivity contribution in [1.29, 1.82) is 0 Å². The Morgan fingerprint density at radius 1 is 1.19 bits per heavy atom. The van der Waals surface area contributed by atoms with Gasteiger partial charge in [-0.25, -0.2) is 0 Å². The quantitative estimate of drug-likeness (QED) is 0.766. The minimum Gasteiger partial charge on any atom is -0.493 e. The summed E-state index contributed by atoms with van der Waals surface area (Å²) in [6.45, 7) is 4.38. The number of aryl methyl sites for hydroxylation is 1. The summed E-state index contributed by atoms with van der Waals surface area (Å²) in [6.07, 6.45) is 2.95. The number of fused-ring (bicyclic) bond motifs is 1. The molecule has 1 aromatic carbocycles. The van der Waals surface area contributed by atoms with Crippen molar-refractivity contribution in [1.82, 2.24) is 9.88 Å². The second-order valence-electron chi connectivity index (χ2n) is 6.90. The van der Waals surface area contributed by atoms with Crippen LogP contribution in [0.4, 0.5) is 0 Å². The number of benzene rings is 1. The number of pyridine rings is 1. The number of thioether (sulfide) groups is 1. The largest absolute Gasteiger partial charge is 0.493 e. The molecule has 0 saturated carbocycles. The van der Waals surface area contributed by atoms with E-state index >= 15 is 0 Å². The fourth-order valence-corrected chi connectivity index (χ4v) is 5.34. The highest BCUT2D eigenvalue weighted by Gasteiger charge is 2.46. The minimum atomic E-state index is -0.0140. The number of hydrogen-bond acceptors (Lipinski definition) is 6. The molecule has 4 rings (SSSR count). The van der Waals surface area contributed by atoms with Crippen molar-refractivity contribution in [3.05, 3.63) is 53.3 Å². The molecular formula is C21H25N3O2S. The maximum atomic E-state index is 5.60. The van der Waals surface area contributed by atoms with Crippen LogP contribution in [-0.2, 0) is 0 Å². The third-order valence-electron chi connectivity index (χ3n) is 5.42. The summed E-state index contributed by atoms with van der Waals surface area (Å²) < 4.78 is 11.1. The summed E-state index contributed by atoms with van der Waals surface area (Å²) in [6, 6.07) is 10.8. The number of methoxy groups -OCH3 is 2. The molecule has 1 saturated heterocycles. The van der Waals surface area contributed by atoms with Crippen LogP contribution in [-0.4, -0.2) is 41.1 Å². The predicted octanol–water partition coefficient (Wildman–Crippen LogP) is 4.39. The lowest BCUT2D eigenvalue weighted by atomic mass is 9.91. The van der Waals surface area contributed by atoms with Gasteiger partial charge in [0, 0.05) is 18.0 Å². The molecule has 2 aliphatic heterocycles. The van der Waals surface area contributed by atoms with Crippen LogP contribution in [0.1, 0.15) is 42.2 Å². The van der Waals surface area contributed by atoms with Crippen LogP contribution in [0.2, 0.25) is 0 Å². The van der Waals surface area contributed by atoms with Crippen LogP contribution in [0.25, 0.3) is 0 Å². The van der Waals surface area contributed by atoms with Crippen LogP contribution in [0.3, 0.4) is 0 Å². The van der Waals surface area contributed by atoms with Gasteiger partial charge in [-0.2, -0.15) is 0 Å². The topological polar surface area (TPSA) is 47.0 Å². The van der Waals surface area contributed by atoms with Crippen molar-refractivity contribution >= 4 is 16.9 Å². The summed E-state index contributed by atoms with van der Waals surface area (Å²) in [5, 5.41) is 1.14. The Morgan fingerprint density at radius 3 is 2.63 bits per heavy atom. The molecule has 6 heteroatoms. The normalized spacial score (nSPS) is 23.9. The zero-order chi connectivity index (χ0) is 19.0. The molecule has 0 bridgehead atoms. The van der Waals surface area contributed by atoms with E-state index in [-0.39, 0.29) is 12.1 Å². The van der Waals surface area contributed by atoms with Crippen LogP contribution in [0, 0.1) is 6.92 Å². The molecule has 5 nitrogen and oxygen atoms in total. The van der Waals surface area contributed by atoms with Gasteiger partial charge in [0.05, 0.1) is 26.0 Å². The number of aromatic nitrogens is 1. The molecule has 0 aliphatic carbocycles. The number of rotatable bonds is 5. The van der Waals surface area contributed by atoms with Gasteiger partial charge in [-0.05, 0) is 48.7 Å². The minimum absolute atomic E-state index is 0.0140. The highest BCUT2D eigenvalue weighted by Crippen LogP contribution is 2.50. The maximum Gasteiger partial charge on any atom is 0.161 e. The summed E-state index contributed by atoms with van der Waals surface area (Å²) >= 11 is 1.86. The van der Waals surface area contributed by atoms with Crippen molar-refractivity contribution in [3.63, 3.8) is 0 Å². The third kappa shape index (κ3) is 3.06. The molecule has 3 atom stereocenters. The van der Waals surface area contributed by atoms with Crippen LogP contribution in [0.5, 0.6) is 11.5 Å². The lowest BCUT2D eigenvalue weighted by Crippen LogP contribution is -2.35. The van der Waals surface area contributed by atoms with Gasteiger partial charge in [0.25, 0.3) is 0 Å². The van der Waals surface area contributed by atoms with Crippen molar-refractivity contribution in [2.24, 2.45) is 4.99 Å². The second-order valence-corrected chi connectivity index (χ2v) is 7.89. The Bertz CT molecular complexity index is 856. The Labute approximate surface area is 164 Å². The summed E-state index contributed by atoms with van der Waals surface area (Å²) in [7, 11) is 3.36. The van der Waals surface area contributed by atoms with Gasteiger partial charge in [-0.3, -0.25) is 9.98 Å². The van der Waals surface area contributed by atoms with Gasteiger partial charge in [-0.1, -0.05) is 24.8 Å². The highest BCUT2D eigenvalue weighted by molar-refractivity contribution is 8.14. The average Bonchev–Trinajstić information content (AvgIpc) is 3.27. The molecule has 1 aromatic heterocycles. The first-order chi connectivity index (χ1) is 13.2. The van der Waals surface area contributed by atoms with E-state index in [0.29, 0.717) is 6.04 Å².